The molecular formula is C15H19ClO. The Morgan fingerprint density at radius 1 is 1.35 bits per heavy atom. The highest BCUT2D eigenvalue weighted by Gasteiger charge is 2.41. The Balaban J connectivity index is 2.09. The first-order valence-electron chi connectivity index (χ1n) is 6.22. The highest BCUT2D eigenvalue weighted by molar-refractivity contribution is 6.30. The maximum absolute atomic E-state index is 11.3. The van der Waals surface area contributed by atoms with E-state index in [0.29, 0.717) is 5.92 Å². The van der Waals surface area contributed by atoms with Crippen molar-refractivity contribution in [3.8, 4) is 0 Å². The number of hydrogen-bond acceptors (Lipinski definition) is 1. The van der Waals surface area contributed by atoms with Crippen LogP contribution in [0.5, 0.6) is 0 Å². The van der Waals surface area contributed by atoms with Crippen LogP contribution in [0, 0.1) is 17.3 Å². The van der Waals surface area contributed by atoms with E-state index >= 15 is 0 Å². The Hall–Kier alpha value is -0.820. The third kappa shape index (κ3) is 2.71. The summed E-state index contributed by atoms with van der Waals surface area (Å²) in [6.45, 7) is 4.40. The highest BCUT2D eigenvalue weighted by Crippen LogP contribution is 2.46. The fourth-order valence-electron chi connectivity index (χ4n) is 2.99. The second kappa shape index (κ2) is 4.81. The van der Waals surface area contributed by atoms with Crippen molar-refractivity contribution >= 4 is 17.9 Å². The van der Waals surface area contributed by atoms with Gasteiger partial charge in [-0.15, -0.1) is 0 Å². The van der Waals surface area contributed by atoms with E-state index in [9.17, 15) is 4.79 Å². The monoisotopic (exact) mass is 250 g/mol. The molecular weight excluding hydrogens is 232 g/mol. The average Bonchev–Trinajstić information content (AvgIpc) is 2.57. The SMILES string of the molecule is CC1(C)CCC(Cc2ccc(Cl)cc2)C1C=O. The van der Waals surface area contributed by atoms with Crippen LogP contribution in [0.2, 0.25) is 5.02 Å². The third-order valence-electron chi connectivity index (χ3n) is 4.13. The molecule has 2 heteroatoms. The average molecular weight is 251 g/mol. The molecule has 0 N–H and O–H groups in total. The van der Waals surface area contributed by atoms with E-state index in [0.717, 1.165) is 30.6 Å². The zero-order valence-corrected chi connectivity index (χ0v) is 11.2. The predicted molar refractivity (Wildman–Crippen MR) is 71.2 cm³/mol. The van der Waals surface area contributed by atoms with Gasteiger partial charge in [-0.25, -0.2) is 0 Å². The van der Waals surface area contributed by atoms with E-state index in [1.54, 1.807) is 0 Å². The van der Waals surface area contributed by atoms with Gasteiger partial charge in [0.05, 0.1) is 0 Å². The van der Waals surface area contributed by atoms with E-state index in [1.807, 2.05) is 12.1 Å². The molecule has 1 aromatic rings. The number of hydrogen-bond donors (Lipinski definition) is 0. The van der Waals surface area contributed by atoms with Crippen LogP contribution >= 0.6 is 11.6 Å². The van der Waals surface area contributed by atoms with Crippen LogP contribution in [-0.4, -0.2) is 6.29 Å². The third-order valence-corrected chi connectivity index (χ3v) is 4.38. The van der Waals surface area contributed by atoms with Crippen LogP contribution in [0.3, 0.4) is 0 Å². The molecule has 1 saturated carbocycles. The van der Waals surface area contributed by atoms with Crippen molar-refractivity contribution in [2.45, 2.75) is 33.1 Å². The predicted octanol–water partition coefficient (Wildman–Crippen LogP) is 4.13. The lowest BCUT2D eigenvalue weighted by atomic mass is 9.78. The fourth-order valence-corrected chi connectivity index (χ4v) is 3.12. The van der Waals surface area contributed by atoms with Gasteiger partial charge in [0.25, 0.3) is 0 Å². The standard InChI is InChI=1S/C15H19ClO/c1-15(2)8-7-12(14(15)10-17)9-11-3-5-13(16)6-4-11/h3-6,10,12,14H,7-9H2,1-2H3. The lowest BCUT2D eigenvalue weighted by Crippen LogP contribution is -2.24. The molecule has 0 spiro atoms. The molecule has 0 aliphatic heterocycles. The molecule has 0 aromatic heterocycles. The molecule has 1 aromatic carbocycles. The van der Waals surface area contributed by atoms with Crippen molar-refractivity contribution in [3.63, 3.8) is 0 Å². The molecule has 0 bridgehead atoms. The lowest BCUT2D eigenvalue weighted by molar-refractivity contribution is -0.114. The minimum Gasteiger partial charge on any atom is -0.303 e. The van der Waals surface area contributed by atoms with Crippen LogP contribution in [0.1, 0.15) is 32.3 Å². The van der Waals surface area contributed by atoms with E-state index in [1.165, 1.54) is 5.56 Å². The van der Waals surface area contributed by atoms with Gasteiger partial charge in [0.15, 0.2) is 0 Å². The Bertz CT molecular complexity index is 394. The van der Waals surface area contributed by atoms with Crippen LogP contribution < -0.4 is 0 Å². The van der Waals surface area contributed by atoms with Gasteiger partial charge in [0.2, 0.25) is 0 Å². The minimum absolute atomic E-state index is 0.166. The topological polar surface area (TPSA) is 17.1 Å². The van der Waals surface area contributed by atoms with Gasteiger partial charge in [0, 0.05) is 10.9 Å². The summed E-state index contributed by atoms with van der Waals surface area (Å²) in [5.41, 5.74) is 1.45. The van der Waals surface area contributed by atoms with Gasteiger partial charge in [-0.2, -0.15) is 0 Å². The molecule has 2 atom stereocenters. The summed E-state index contributed by atoms with van der Waals surface area (Å²) in [4.78, 5) is 11.3. The number of benzene rings is 1. The van der Waals surface area contributed by atoms with E-state index in [4.69, 9.17) is 11.6 Å². The molecule has 1 nitrogen and oxygen atoms in total. The molecule has 0 amide bonds. The molecule has 0 saturated heterocycles. The Morgan fingerprint density at radius 2 is 2.00 bits per heavy atom. The normalized spacial score (nSPS) is 27.0. The van der Waals surface area contributed by atoms with Crippen LogP contribution in [0.4, 0.5) is 0 Å². The minimum atomic E-state index is 0.166. The molecule has 0 heterocycles. The summed E-state index contributed by atoms with van der Waals surface area (Å²) in [5, 5.41) is 0.771. The summed E-state index contributed by atoms with van der Waals surface area (Å²) in [6.07, 6.45) is 4.45. The van der Waals surface area contributed by atoms with Crippen molar-refractivity contribution in [1.82, 2.24) is 0 Å². The van der Waals surface area contributed by atoms with Crippen LogP contribution in [0.15, 0.2) is 24.3 Å². The summed E-state index contributed by atoms with van der Waals surface area (Å²) >= 11 is 5.87. The molecule has 17 heavy (non-hydrogen) atoms. The molecule has 2 rings (SSSR count). The van der Waals surface area contributed by atoms with Crippen LogP contribution in [0.25, 0.3) is 0 Å². The summed E-state index contributed by atoms with van der Waals surface area (Å²) in [7, 11) is 0. The van der Waals surface area contributed by atoms with Crippen molar-refractivity contribution < 1.29 is 4.79 Å². The van der Waals surface area contributed by atoms with Crippen LogP contribution in [-0.2, 0) is 11.2 Å². The molecule has 92 valence electrons. The summed E-state index contributed by atoms with van der Waals surface area (Å²) in [5.74, 6) is 0.682. The highest BCUT2D eigenvalue weighted by atomic mass is 35.5. The number of aldehydes is 1. The first-order chi connectivity index (χ1) is 8.03. The molecule has 1 aliphatic carbocycles. The number of rotatable bonds is 3. The number of carbonyl (C=O) groups excluding carboxylic acids is 1. The van der Waals surface area contributed by atoms with Gasteiger partial charge in [-0.3, -0.25) is 0 Å². The van der Waals surface area contributed by atoms with Crippen molar-refractivity contribution in [2.75, 3.05) is 0 Å². The molecule has 1 fully saturated rings. The quantitative estimate of drug-likeness (QED) is 0.737. The maximum atomic E-state index is 11.3. The smallest absolute Gasteiger partial charge is 0.123 e. The van der Waals surface area contributed by atoms with Crippen molar-refractivity contribution in [1.29, 1.82) is 0 Å². The Labute approximate surface area is 108 Å². The Morgan fingerprint density at radius 3 is 2.59 bits per heavy atom. The first-order valence-corrected chi connectivity index (χ1v) is 6.60. The summed E-state index contributed by atoms with van der Waals surface area (Å²) < 4.78 is 0. The van der Waals surface area contributed by atoms with Gasteiger partial charge in [-0.1, -0.05) is 37.6 Å². The first kappa shape index (κ1) is 12.6. The zero-order valence-electron chi connectivity index (χ0n) is 10.4. The zero-order chi connectivity index (χ0) is 12.5. The van der Waals surface area contributed by atoms with E-state index in [-0.39, 0.29) is 11.3 Å². The fraction of sp³-hybridized carbons (Fsp3) is 0.533. The number of halogens is 1. The van der Waals surface area contributed by atoms with Gasteiger partial charge in [0.1, 0.15) is 6.29 Å². The lowest BCUT2D eigenvalue weighted by Gasteiger charge is -2.25. The second-order valence-corrected chi connectivity index (χ2v) is 6.22. The van der Waals surface area contributed by atoms with Crippen molar-refractivity contribution in [2.24, 2.45) is 17.3 Å². The van der Waals surface area contributed by atoms with Gasteiger partial charge >= 0.3 is 0 Å². The van der Waals surface area contributed by atoms with Gasteiger partial charge in [-0.05, 0) is 48.3 Å². The van der Waals surface area contributed by atoms with E-state index < -0.39 is 0 Å². The Kier molecular flexibility index (Phi) is 3.58. The molecule has 0 radical (unpaired) electrons. The summed E-state index contributed by atoms with van der Waals surface area (Å²) in [6, 6.07) is 7.98. The number of carbonyl (C=O) groups is 1. The van der Waals surface area contributed by atoms with Gasteiger partial charge < -0.3 is 4.79 Å². The molecule has 1 aliphatic rings. The maximum Gasteiger partial charge on any atom is 0.123 e. The van der Waals surface area contributed by atoms with E-state index in [2.05, 4.69) is 26.0 Å². The van der Waals surface area contributed by atoms with Crippen molar-refractivity contribution in [3.05, 3.63) is 34.9 Å². The molecule has 2 unspecified atom stereocenters. The largest absolute Gasteiger partial charge is 0.303 e. The second-order valence-electron chi connectivity index (χ2n) is 5.78.